The standard InChI is InChI=1S/C25H29N9O3/c1-4-26-25(37)29-18-15-34-19(28-18)10-11-20(30-34)33-13-12-17(14-33)27-23(35)21-22(16-8-6-5-7-9-16)31(2)32(3)24(21)36/h5-11,15,17H,4,12-14H2,1-3H3,(H,27,35)(H2,26,29,37)/t17-/m0/s1. The summed E-state index contributed by atoms with van der Waals surface area (Å²) in [6.45, 7) is 3.60. The van der Waals surface area contributed by atoms with Crippen molar-refractivity contribution in [2.45, 2.75) is 19.4 Å². The van der Waals surface area contributed by atoms with Crippen LogP contribution in [-0.4, -0.2) is 61.6 Å². The van der Waals surface area contributed by atoms with Crippen LogP contribution in [0.1, 0.15) is 23.7 Å². The summed E-state index contributed by atoms with van der Waals surface area (Å²) in [5, 5.41) is 13.0. The number of amides is 3. The lowest BCUT2D eigenvalue weighted by molar-refractivity contribution is 0.0939. The number of urea groups is 1. The summed E-state index contributed by atoms with van der Waals surface area (Å²) >= 11 is 0. The van der Waals surface area contributed by atoms with Gasteiger partial charge >= 0.3 is 6.03 Å². The largest absolute Gasteiger partial charge is 0.353 e. The monoisotopic (exact) mass is 503 g/mol. The normalized spacial score (nSPS) is 15.2. The zero-order valence-electron chi connectivity index (χ0n) is 20.9. The lowest BCUT2D eigenvalue weighted by Gasteiger charge is -2.18. The van der Waals surface area contributed by atoms with E-state index >= 15 is 0 Å². The van der Waals surface area contributed by atoms with Crippen LogP contribution in [0, 0.1) is 0 Å². The highest BCUT2D eigenvalue weighted by Gasteiger charge is 2.29. The van der Waals surface area contributed by atoms with E-state index in [1.807, 2.05) is 49.4 Å². The molecule has 1 atom stereocenters. The van der Waals surface area contributed by atoms with Gasteiger partial charge in [0.1, 0.15) is 11.4 Å². The highest BCUT2D eigenvalue weighted by molar-refractivity contribution is 6.00. The van der Waals surface area contributed by atoms with Crippen molar-refractivity contribution in [3.63, 3.8) is 0 Å². The highest BCUT2D eigenvalue weighted by atomic mass is 16.2. The quantitative estimate of drug-likeness (QED) is 0.366. The molecule has 4 aromatic rings. The van der Waals surface area contributed by atoms with E-state index in [0.29, 0.717) is 43.2 Å². The highest BCUT2D eigenvalue weighted by Crippen LogP contribution is 2.23. The van der Waals surface area contributed by atoms with Crippen LogP contribution in [0.5, 0.6) is 0 Å². The zero-order chi connectivity index (χ0) is 26.1. The van der Waals surface area contributed by atoms with Crippen LogP contribution >= 0.6 is 0 Å². The molecule has 0 aliphatic carbocycles. The number of aromatic nitrogens is 5. The summed E-state index contributed by atoms with van der Waals surface area (Å²) in [5.41, 5.74) is 1.80. The second-order valence-corrected chi connectivity index (χ2v) is 8.95. The molecule has 3 aromatic heterocycles. The molecule has 12 nitrogen and oxygen atoms in total. The predicted octanol–water partition coefficient (Wildman–Crippen LogP) is 1.58. The minimum Gasteiger partial charge on any atom is -0.353 e. The molecule has 0 radical (unpaired) electrons. The summed E-state index contributed by atoms with van der Waals surface area (Å²) in [7, 11) is 3.42. The minimum absolute atomic E-state index is 0.139. The van der Waals surface area contributed by atoms with Gasteiger partial charge in [0.2, 0.25) is 0 Å². The molecule has 5 rings (SSSR count). The maximum Gasteiger partial charge on any atom is 0.320 e. The van der Waals surface area contributed by atoms with Crippen molar-refractivity contribution in [2.24, 2.45) is 14.1 Å². The lowest BCUT2D eigenvalue weighted by Crippen LogP contribution is -2.39. The third kappa shape index (κ3) is 4.65. The Hall–Kier alpha value is -4.61. The number of carbonyl (C=O) groups is 2. The van der Waals surface area contributed by atoms with Gasteiger partial charge in [-0.2, -0.15) is 0 Å². The fourth-order valence-electron chi connectivity index (χ4n) is 4.61. The van der Waals surface area contributed by atoms with Gasteiger partial charge < -0.3 is 15.5 Å². The number of hydrogen-bond acceptors (Lipinski definition) is 6. The topological polar surface area (TPSA) is 131 Å². The van der Waals surface area contributed by atoms with Gasteiger partial charge in [0.05, 0.1) is 11.9 Å². The SMILES string of the molecule is CCNC(=O)Nc1cn2nc(N3CC[C@H](NC(=O)c4c(-c5ccccc5)n(C)n(C)c4=O)C3)ccc2n1. The van der Waals surface area contributed by atoms with Crippen molar-refractivity contribution in [1.82, 2.24) is 34.6 Å². The summed E-state index contributed by atoms with van der Waals surface area (Å²) in [4.78, 5) is 44.5. The molecule has 1 aliphatic rings. The Bertz CT molecular complexity index is 1520. The first-order valence-electron chi connectivity index (χ1n) is 12.1. The Labute approximate surface area is 212 Å². The van der Waals surface area contributed by atoms with Crippen molar-refractivity contribution in [1.29, 1.82) is 0 Å². The van der Waals surface area contributed by atoms with Crippen LogP contribution in [0.25, 0.3) is 16.9 Å². The number of fused-ring (bicyclic) bond motifs is 1. The smallest absolute Gasteiger partial charge is 0.320 e. The Morgan fingerprint density at radius 1 is 1.08 bits per heavy atom. The van der Waals surface area contributed by atoms with Crippen molar-refractivity contribution >= 4 is 29.2 Å². The van der Waals surface area contributed by atoms with E-state index in [2.05, 4.69) is 30.9 Å². The molecule has 4 heterocycles. The lowest BCUT2D eigenvalue weighted by atomic mass is 10.1. The summed E-state index contributed by atoms with van der Waals surface area (Å²) < 4.78 is 4.76. The first kappa shape index (κ1) is 24.1. The van der Waals surface area contributed by atoms with Gasteiger partial charge in [0, 0.05) is 45.3 Å². The van der Waals surface area contributed by atoms with Gasteiger partial charge in [-0.1, -0.05) is 30.3 Å². The maximum absolute atomic E-state index is 13.3. The number of benzene rings is 1. The second kappa shape index (κ2) is 9.80. The van der Waals surface area contributed by atoms with E-state index < -0.39 is 0 Å². The van der Waals surface area contributed by atoms with Crippen molar-refractivity contribution in [3.05, 3.63) is 64.6 Å². The molecular formula is C25H29N9O3. The average Bonchev–Trinajstić information content (AvgIpc) is 3.57. The minimum atomic E-state index is -0.383. The Morgan fingerprint density at radius 2 is 1.86 bits per heavy atom. The molecule has 0 spiro atoms. The Kier molecular flexibility index (Phi) is 6.38. The molecule has 1 aromatic carbocycles. The van der Waals surface area contributed by atoms with Gasteiger partial charge in [-0.25, -0.2) is 14.3 Å². The fourth-order valence-corrected chi connectivity index (χ4v) is 4.61. The number of nitrogens with zero attached hydrogens (tertiary/aromatic N) is 6. The number of nitrogens with one attached hydrogen (secondary N) is 3. The first-order chi connectivity index (χ1) is 17.9. The van der Waals surface area contributed by atoms with Crippen molar-refractivity contribution < 1.29 is 9.59 Å². The van der Waals surface area contributed by atoms with Gasteiger partial charge in [-0.05, 0) is 25.5 Å². The van der Waals surface area contributed by atoms with Crippen LogP contribution in [0.4, 0.5) is 16.4 Å². The van der Waals surface area contributed by atoms with Crippen LogP contribution in [0.15, 0.2) is 53.5 Å². The first-order valence-corrected chi connectivity index (χ1v) is 12.1. The summed E-state index contributed by atoms with van der Waals surface area (Å²) in [5.74, 6) is 0.749. The van der Waals surface area contributed by atoms with E-state index in [9.17, 15) is 14.4 Å². The van der Waals surface area contributed by atoms with E-state index in [1.54, 1.807) is 29.5 Å². The van der Waals surface area contributed by atoms with Crippen LogP contribution in [0.2, 0.25) is 0 Å². The Morgan fingerprint density at radius 3 is 2.62 bits per heavy atom. The summed E-state index contributed by atoms with van der Waals surface area (Å²) in [6.07, 6.45) is 2.37. The molecule has 0 unspecified atom stereocenters. The number of carbonyl (C=O) groups excluding carboxylic acids is 2. The molecule has 12 heteroatoms. The number of anilines is 2. The van der Waals surface area contributed by atoms with Crippen LogP contribution in [-0.2, 0) is 14.1 Å². The molecule has 3 amide bonds. The average molecular weight is 504 g/mol. The predicted molar refractivity (Wildman–Crippen MR) is 140 cm³/mol. The van der Waals surface area contributed by atoms with E-state index in [0.717, 1.165) is 11.4 Å². The molecule has 3 N–H and O–H groups in total. The Balaban J connectivity index is 1.31. The molecule has 192 valence electrons. The molecule has 1 saturated heterocycles. The maximum atomic E-state index is 13.3. The van der Waals surface area contributed by atoms with Gasteiger partial charge in [-0.3, -0.25) is 24.3 Å². The second-order valence-electron chi connectivity index (χ2n) is 8.95. The van der Waals surface area contributed by atoms with E-state index in [4.69, 9.17) is 0 Å². The van der Waals surface area contributed by atoms with Gasteiger partial charge in [0.15, 0.2) is 11.5 Å². The van der Waals surface area contributed by atoms with Gasteiger partial charge in [0.25, 0.3) is 11.5 Å². The van der Waals surface area contributed by atoms with Crippen molar-refractivity contribution in [3.8, 4) is 11.3 Å². The molecular weight excluding hydrogens is 474 g/mol. The molecule has 1 aliphatic heterocycles. The molecule has 1 fully saturated rings. The van der Waals surface area contributed by atoms with E-state index in [1.165, 1.54) is 4.68 Å². The summed E-state index contributed by atoms with van der Waals surface area (Å²) in [6, 6.07) is 12.7. The fraction of sp³-hybridized carbons (Fsp3) is 0.320. The van der Waals surface area contributed by atoms with Crippen LogP contribution < -0.4 is 26.4 Å². The molecule has 37 heavy (non-hydrogen) atoms. The molecule has 0 saturated carbocycles. The van der Waals surface area contributed by atoms with Crippen molar-refractivity contribution in [2.75, 3.05) is 29.9 Å². The third-order valence-corrected chi connectivity index (χ3v) is 6.52. The van der Waals surface area contributed by atoms with Crippen LogP contribution in [0.3, 0.4) is 0 Å². The molecule has 0 bridgehead atoms. The number of rotatable bonds is 6. The van der Waals surface area contributed by atoms with E-state index in [-0.39, 0.29) is 29.1 Å². The number of hydrogen-bond donors (Lipinski definition) is 3. The third-order valence-electron chi connectivity index (χ3n) is 6.52. The van der Waals surface area contributed by atoms with Gasteiger partial charge in [-0.15, -0.1) is 5.10 Å². The zero-order valence-corrected chi connectivity index (χ0v) is 20.9. The number of imidazole rings is 1.